The molecule has 2 aromatic heterocycles. The Morgan fingerprint density at radius 2 is 1.70 bits per heavy atom. The number of nitrogens with zero attached hydrogens (tertiary/aromatic N) is 6. The van der Waals surface area contributed by atoms with Crippen LogP contribution in [0, 0.1) is 5.82 Å². The van der Waals surface area contributed by atoms with Crippen LogP contribution in [0.2, 0.25) is 5.02 Å². The molecule has 1 aliphatic rings. The molecule has 1 N–H and O–H groups in total. The monoisotopic (exact) mass is 646 g/mol. The van der Waals surface area contributed by atoms with Gasteiger partial charge in [0.25, 0.3) is 5.91 Å². The van der Waals surface area contributed by atoms with Gasteiger partial charge in [-0.3, -0.25) is 19.6 Å². The van der Waals surface area contributed by atoms with Crippen molar-refractivity contribution in [3.63, 3.8) is 0 Å². The molecule has 0 fully saturated rings. The number of halogens is 2. The van der Waals surface area contributed by atoms with Crippen LogP contribution >= 0.6 is 11.6 Å². The van der Waals surface area contributed by atoms with E-state index in [0.717, 1.165) is 32.4 Å². The normalized spacial score (nSPS) is 14.2. The third kappa shape index (κ3) is 5.61. The second kappa shape index (κ2) is 12.2. The van der Waals surface area contributed by atoms with Crippen LogP contribution < -0.4 is 0 Å². The van der Waals surface area contributed by atoms with Gasteiger partial charge in [0.15, 0.2) is 17.3 Å². The van der Waals surface area contributed by atoms with Crippen LogP contribution in [-0.2, 0) is 17.6 Å². The Bertz CT molecular complexity index is 2200. The number of aromatic carboxylic acids is 1. The van der Waals surface area contributed by atoms with Crippen LogP contribution in [-0.4, -0.2) is 59.2 Å². The van der Waals surface area contributed by atoms with Crippen LogP contribution in [0.25, 0.3) is 27.8 Å². The number of fused-ring (bicyclic) bond motifs is 2. The summed E-state index contributed by atoms with van der Waals surface area (Å²) < 4.78 is 15.9. The molecule has 0 radical (unpaired) electrons. The first kappa shape index (κ1) is 29.9. The molecule has 1 amide bonds. The second-order valence-electron chi connectivity index (χ2n) is 11.1. The quantitative estimate of drug-likeness (QED) is 0.226. The summed E-state index contributed by atoms with van der Waals surface area (Å²) in [5.74, 6) is -2.59. The molecule has 0 saturated carbocycles. The summed E-state index contributed by atoms with van der Waals surface area (Å²) in [4.78, 5) is 49.9. The number of hydrogen-bond acceptors (Lipinski definition) is 7. The topological polar surface area (TPSA) is 131 Å². The van der Waals surface area contributed by atoms with E-state index in [-0.39, 0.29) is 40.7 Å². The van der Waals surface area contributed by atoms with Gasteiger partial charge in [0, 0.05) is 25.4 Å². The molecule has 1 atom stereocenters. The van der Waals surface area contributed by atoms with E-state index in [4.69, 9.17) is 11.6 Å². The first-order valence-corrected chi connectivity index (χ1v) is 15.0. The second-order valence-corrected chi connectivity index (χ2v) is 11.5. The molecule has 6 aromatic rings. The van der Waals surface area contributed by atoms with Gasteiger partial charge in [-0.1, -0.05) is 59.3 Å². The van der Waals surface area contributed by atoms with Gasteiger partial charge in [0.1, 0.15) is 11.7 Å². The molecule has 232 valence electrons. The number of carboxylic acids is 1. The highest BCUT2D eigenvalue weighted by molar-refractivity contribution is 6.30. The molecule has 10 nitrogen and oxygen atoms in total. The summed E-state index contributed by atoms with van der Waals surface area (Å²) in [6.45, 7) is 0.197. The minimum atomic E-state index is -1.07. The van der Waals surface area contributed by atoms with Crippen molar-refractivity contribution in [3.05, 3.63) is 136 Å². The van der Waals surface area contributed by atoms with Crippen molar-refractivity contribution >= 4 is 40.3 Å². The Hall–Kier alpha value is -5.81. The van der Waals surface area contributed by atoms with Crippen molar-refractivity contribution in [1.82, 2.24) is 29.9 Å². The number of ketones is 1. The van der Waals surface area contributed by atoms with Crippen molar-refractivity contribution in [2.75, 3.05) is 6.54 Å². The van der Waals surface area contributed by atoms with E-state index in [2.05, 4.69) is 20.3 Å². The van der Waals surface area contributed by atoms with Crippen molar-refractivity contribution in [1.29, 1.82) is 0 Å². The standard InChI is InChI=1S/C35H24ClFN6O4/c36-26-5-2-6-30(32(26)37)43-19-29(40-41-43)34(45)42-16-13-24-23(22-11-12-27-28(18-22)39-15-14-38-27)3-1-4-25(24)33(42)31(44)17-20-7-9-21(10-8-20)35(46)47/h1-12,14-15,18-19,33H,13,16-17H2,(H,46,47). The fourth-order valence-corrected chi connectivity index (χ4v) is 6.17. The van der Waals surface area contributed by atoms with Gasteiger partial charge in [-0.05, 0) is 70.6 Å². The molecule has 0 bridgehead atoms. The number of carbonyl (C=O) groups excluding carboxylic acids is 2. The van der Waals surface area contributed by atoms with Crippen LogP contribution in [0.1, 0.15) is 43.6 Å². The molecule has 0 aliphatic carbocycles. The Morgan fingerprint density at radius 3 is 2.49 bits per heavy atom. The Morgan fingerprint density at radius 1 is 0.936 bits per heavy atom. The predicted octanol–water partition coefficient (Wildman–Crippen LogP) is 5.92. The van der Waals surface area contributed by atoms with Gasteiger partial charge >= 0.3 is 5.97 Å². The summed E-state index contributed by atoms with van der Waals surface area (Å²) in [5.41, 5.74) is 5.54. The molecule has 3 heterocycles. The third-order valence-electron chi connectivity index (χ3n) is 8.24. The summed E-state index contributed by atoms with van der Waals surface area (Å²) in [5, 5.41) is 17.2. The van der Waals surface area contributed by atoms with E-state index < -0.39 is 23.7 Å². The van der Waals surface area contributed by atoms with E-state index in [1.807, 2.05) is 36.4 Å². The predicted molar refractivity (Wildman–Crippen MR) is 171 cm³/mol. The highest BCUT2D eigenvalue weighted by atomic mass is 35.5. The van der Waals surface area contributed by atoms with Crippen LogP contribution in [0.3, 0.4) is 0 Å². The molecule has 0 spiro atoms. The molecule has 12 heteroatoms. The molecular formula is C35H24ClFN6O4. The van der Waals surface area contributed by atoms with E-state index in [1.165, 1.54) is 35.4 Å². The van der Waals surface area contributed by atoms with Crippen molar-refractivity contribution in [2.45, 2.75) is 18.9 Å². The maximum Gasteiger partial charge on any atom is 0.335 e. The van der Waals surface area contributed by atoms with Crippen molar-refractivity contribution in [3.8, 4) is 16.8 Å². The van der Waals surface area contributed by atoms with Gasteiger partial charge in [-0.15, -0.1) is 5.10 Å². The van der Waals surface area contributed by atoms with E-state index in [9.17, 15) is 23.9 Å². The Labute approximate surface area is 272 Å². The zero-order chi connectivity index (χ0) is 32.7. The lowest BCUT2D eigenvalue weighted by molar-refractivity contribution is -0.123. The van der Waals surface area contributed by atoms with Crippen LogP contribution in [0.15, 0.2) is 97.5 Å². The number of Topliss-reactive ketones (excluding diaryl/α,β-unsaturated/α-hetero) is 1. The Kier molecular flexibility index (Phi) is 7.74. The number of hydrogen-bond donors (Lipinski definition) is 1. The van der Waals surface area contributed by atoms with Gasteiger partial charge < -0.3 is 10.0 Å². The third-order valence-corrected chi connectivity index (χ3v) is 8.53. The zero-order valence-corrected chi connectivity index (χ0v) is 25.3. The molecule has 4 aromatic carbocycles. The molecule has 7 rings (SSSR count). The maximum absolute atomic E-state index is 14.7. The average Bonchev–Trinajstić information content (AvgIpc) is 3.58. The lowest BCUT2D eigenvalue weighted by Gasteiger charge is -2.37. The van der Waals surface area contributed by atoms with Gasteiger partial charge in [0.05, 0.1) is 27.8 Å². The Balaban J connectivity index is 1.28. The van der Waals surface area contributed by atoms with Crippen LogP contribution in [0.4, 0.5) is 4.39 Å². The summed E-state index contributed by atoms with van der Waals surface area (Å²) in [6, 6.07) is 21.0. The highest BCUT2D eigenvalue weighted by Gasteiger charge is 2.38. The van der Waals surface area contributed by atoms with Gasteiger partial charge in [0.2, 0.25) is 0 Å². The fourth-order valence-electron chi connectivity index (χ4n) is 6.00. The number of aromatic nitrogens is 5. The van der Waals surface area contributed by atoms with E-state index >= 15 is 0 Å². The maximum atomic E-state index is 14.7. The first-order valence-electron chi connectivity index (χ1n) is 14.6. The lowest BCUT2D eigenvalue weighted by Crippen LogP contribution is -2.44. The average molecular weight is 647 g/mol. The smallest absolute Gasteiger partial charge is 0.335 e. The first-order chi connectivity index (χ1) is 22.8. The SMILES string of the molecule is O=C(O)c1ccc(CC(=O)C2c3cccc(-c4ccc5nccnc5c4)c3CCN2C(=O)c2cn(-c3cccc(Cl)c3F)nn2)cc1. The summed E-state index contributed by atoms with van der Waals surface area (Å²) in [7, 11) is 0. The fraction of sp³-hybridized carbons (Fsp3) is 0.114. The summed E-state index contributed by atoms with van der Waals surface area (Å²) >= 11 is 5.95. The van der Waals surface area contributed by atoms with Gasteiger partial charge in [-0.25, -0.2) is 13.9 Å². The number of rotatable bonds is 7. The minimum Gasteiger partial charge on any atom is -0.478 e. The zero-order valence-electron chi connectivity index (χ0n) is 24.5. The van der Waals surface area contributed by atoms with Crippen molar-refractivity contribution in [2.24, 2.45) is 0 Å². The number of amides is 1. The van der Waals surface area contributed by atoms with E-state index in [1.54, 1.807) is 30.6 Å². The number of benzene rings is 4. The van der Waals surface area contributed by atoms with Crippen LogP contribution in [0.5, 0.6) is 0 Å². The molecule has 0 saturated heterocycles. The number of carboxylic acid groups (broad SMARTS) is 1. The summed E-state index contributed by atoms with van der Waals surface area (Å²) in [6.07, 6.45) is 4.97. The van der Waals surface area contributed by atoms with Gasteiger partial charge in [-0.2, -0.15) is 0 Å². The molecular weight excluding hydrogens is 623 g/mol. The lowest BCUT2D eigenvalue weighted by atomic mass is 9.83. The number of carbonyl (C=O) groups is 3. The van der Waals surface area contributed by atoms with E-state index in [0.29, 0.717) is 17.5 Å². The van der Waals surface area contributed by atoms with Crippen molar-refractivity contribution < 1.29 is 23.9 Å². The molecule has 1 aliphatic heterocycles. The molecule has 47 heavy (non-hydrogen) atoms. The highest BCUT2D eigenvalue weighted by Crippen LogP contribution is 2.38. The minimum absolute atomic E-state index is 0.0233. The largest absolute Gasteiger partial charge is 0.478 e. The molecule has 1 unspecified atom stereocenters.